The van der Waals surface area contributed by atoms with Crippen LogP contribution in [0.2, 0.25) is 5.02 Å². The molecule has 1 aromatic carbocycles. The van der Waals surface area contributed by atoms with Crippen LogP contribution in [-0.4, -0.2) is 64.3 Å². The summed E-state index contributed by atoms with van der Waals surface area (Å²) in [5.41, 5.74) is 1.67. The second-order valence-corrected chi connectivity index (χ2v) is 8.17. The first kappa shape index (κ1) is 20.7. The van der Waals surface area contributed by atoms with Gasteiger partial charge in [0, 0.05) is 37.2 Å². The second-order valence-electron chi connectivity index (χ2n) is 6.76. The molecule has 1 aliphatic heterocycles. The number of fused-ring (bicyclic) bond motifs is 1. The highest BCUT2D eigenvalue weighted by molar-refractivity contribution is 7.22. The molecular formula is C19H21ClN6O3S. The second kappa shape index (κ2) is 9.09. The van der Waals surface area contributed by atoms with E-state index < -0.39 is 6.09 Å². The van der Waals surface area contributed by atoms with Crippen LogP contribution in [0.1, 0.15) is 18.5 Å². The molecule has 3 heterocycles. The Kier molecular flexibility index (Phi) is 6.28. The van der Waals surface area contributed by atoms with Crippen molar-refractivity contribution >= 4 is 44.5 Å². The summed E-state index contributed by atoms with van der Waals surface area (Å²) in [6, 6.07) is 8.13. The molecule has 0 spiro atoms. The predicted molar refractivity (Wildman–Crippen MR) is 115 cm³/mol. The maximum absolute atomic E-state index is 12.3. The fourth-order valence-corrected chi connectivity index (χ4v) is 4.31. The number of methoxy groups -OCH3 is 1. The zero-order valence-corrected chi connectivity index (χ0v) is 18.1. The molecule has 0 saturated carbocycles. The molecule has 4 rings (SSSR count). The Hall–Kier alpha value is -2.53. The number of carbonyl (C=O) groups excluding carboxylic acids is 1. The fraction of sp³-hybridized carbons (Fsp3) is 0.368. The normalized spacial score (nSPS) is 16.4. The van der Waals surface area contributed by atoms with E-state index in [0.29, 0.717) is 34.4 Å². The molecule has 1 aliphatic rings. The van der Waals surface area contributed by atoms with Crippen LogP contribution in [0.4, 0.5) is 9.93 Å². The van der Waals surface area contributed by atoms with Crippen molar-refractivity contribution in [2.75, 3.05) is 38.6 Å². The van der Waals surface area contributed by atoms with Gasteiger partial charge in [-0.05, 0) is 24.6 Å². The van der Waals surface area contributed by atoms with Gasteiger partial charge in [-0.25, -0.2) is 14.8 Å². The molecule has 3 aromatic rings. The van der Waals surface area contributed by atoms with Crippen molar-refractivity contribution in [1.82, 2.24) is 24.9 Å². The van der Waals surface area contributed by atoms with Gasteiger partial charge in [0.15, 0.2) is 15.5 Å². The average molecular weight is 449 g/mol. The number of rotatable bonds is 5. The van der Waals surface area contributed by atoms with Crippen LogP contribution in [0.15, 0.2) is 30.6 Å². The Morgan fingerprint density at radius 2 is 2.07 bits per heavy atom. The lowest BCUT2D eigenvalue weighted by molar-refractivity contribution is -0.122. The summed E-state index contributed by atoms with van der Waals surface area (Å²) in [4.78, 5) is 33.1. The molecule has 11 heteroatoms. The third kappa shape index (κ3) is 4.62. The van der Waals surface area contributed by atoms with E-state index in [2.05, 4.69) is 38.2 Å². The molecule has 0 radical (unpaired) electrons. The lowest BCUT2D eigenvalue weighted by Gasteiger charge is -2.36. The number of piperazine rings is 1. The Morgan fingerprint density at radius 3 is 2.80 bits per heavy atom. The van der Waals surface area contributed by atoms with Gasteiger partial charge in [-0.1, -0.05) is 35.1 Å². The number of amides is 1. The van der Waals surface area contributed by atoms with Crippen molar-refractivity contribution in [2.45, 2.75) is 13.0 Å². The van der Waals surface area contributed by atoms with Crippen LogP contribution >= 0.6 is 22.9 Å². The number of nitrogens with one attached hydrogen (secondary N) is 1. The fourth-order valence-electron chi connectivity index (χ4n) is 3.32. The number of carbonyl (C=O) groups is 1. The number of thiazole rings is 1. The van der Waals surface area contributed by atoms with E-state index in [1.807, 2.05) is 18.2 Å². The minimum atomic E-state index is -0.586. The number of aromatic nitrogens is 3. The van der Waals surface area contributed by atoms with Gasteiger partial charge in [0.25, 0.3) is 0 Å². The number of hydrogen-bond donors (Lipinski definition) is 1. The van der Waals surface area contributed by atoms with E-state index in [9.17, 15) is 4.79 Å². The maximum atomic E-state index is 12.3. The Balaban J connectivity index is 1.30. The number of nitrogens with zero attached hydrogens (tertiary/aromatic N) is 5. The quantitative estimate of drug-likeness (QED) is 0.633. The van der Waals surface area contributed by atoms with Gasteiger partial charge in [0.2, 0.25) is 5.88 Å². The van der Waals surface area contributed by atoms with Crippen molar-refractivity contribution in [3.05, 3.63) is 41.2 Å². The van der Waals surface area contributed by atoms with Crippen LogP contribution in [0.3, 0.4) is 0 Å². The number of ether oxygens (including phenoxy) is 1. The Bertz CT molecular complexity index is 1040. The van der Waals surface area contributed by atoms with Crippen LogP contribution < -0.4 is 10.1 Å². The van der Waals surface area contributed by atoms with E-state index in [1.54, 1.807) is 5.06 Å². The number of halogens is 1. The minimum Gasteiger partial charge on any atom is -0.479 e. The summed E-state index contributed by atoms with van der Waals surface area (Å²) in [5, 5.41) is 5.42. The first-order chi connectivity index (χ1) is 14.5. The minimum absolute atomic E-state index is 0.235. The van der Waals surface area contributed by atoms with Crippen molar-refractivity contribution in [2.24, 2.45) is 0 Å². The largest absolute Gasteiger partial charge is 0.479 e. The topological polar surface area (TPSA) is 92.7 Å². The highest BCUT2D eigenvalue weighted by atomic mass is 35.5. The number of anilines is 1. The monoisotopic (exact) mass is 448 g/mol. The third-order valence-electron chi connectivity index (χ3n) is 4.93. The zero-order chi connectivity index (χ0) is 21.1. The molecular weight excluding hydrogens is 428 g/mol. The molecule has 9 nitrogen and oxygen atoms in total. The van der Waals surface area contributed by atoms with E-state index >= 15 is 0 Å². The van der Waals surface area contributed by atoms with Crippen molar-refractivity contribution < 1.29 is 14.4 Å². The molecule has 1 N–H and O–H groups in total. The molecule has 0 bridgehead atoms. The highest BCUT2D eigenvalue weighted by Crippen LogP contribution is 2.29. The Labute approximate surface area is 182 Å². The zero-order valence-electron chi connectivity index (χ0n) is 16.5. The molecule has 1 atom stereocenters. The van der Waals surface area contributed by atoms with Crippen LogP contribution in [0.25, 0.3) is 10.3 Å². The summed E-state index contributed by atoms with van der Waals surface area (Å²) in [6.07, 6.45) is 0.808. The first-order valence-corrected chi connectivity index (χ1v) is 10.6. The summed E-state index contributed by atoms with van der Waals surface area (Å²) in [5.74, 6) is 0.364. The third-order valence-corrected chi connectivity index (χ3v) is 6.04. The summed E-state index contributed by atoms with van der Waals surface area (Å²) >= 11 is 7.34. The molecule has 1 saturated heterocycles. The van der Waals surface area contributed by atoms with Crippen LogP contribution in [0.5, 0.6) is 5.88 Å². The molecule has 1 fully saturated rings. The summed E-state index contributed by atoms with van der Waals surface area (Å²) in [6.45, 7) is 4.91. The number of hydrogen-bond acceptors (Lipinski definition) is 9. The maximum Gasteiger partial charge on any atom is 0.432 e. The van der Waals surface area contributed by atoms with Gasteiger partial charge in [0.05, 0.1) is 7.11 Å². The van der Waals surface area contributed by atoms with Gasteiger partial charge in [-0.15, -0.1) is 5.06 Å². The first-order valence-electron chi connectivity index (χ1n) is 9.42. The van der Waals surface area contributed by atoms with Crippen LogP contribution in [-0.2, 0) is 4.84 Å². The van der Waals surface area contributed by atoms with E-state index in [-0.39, 0.29) is 6.04 Å². The molecule has 158 valence electrons. The highest BCUT2D eigenvalue weighted by Gasteiger charge is 2.25. The van der Waals surface area contributed by atoms with Gasteiger partial charge in [-0.2, -0.15) is 4.98 Å². The van der Waals surface area contributed by atoms with Crippen molar-refractivity contribution in [3.63, 3.8) is 0 Å². The SMILES string of the molecule is COc1ncnc2sc(NC(=O)ON3CCN(C(C)c4cccc(Cl)c4)CC3)nc12. The molecule has 2 aromatic heterocycles. The number of hydroxylamine groups is 2. The molecule has 0 aliphatic carbocycles. The Morgan fingerprint density at radius 1 is 1.27 bits per heavy atom. The van der Waals surface area contributed by atoms with Gasteiger partial charge in [0.1, 0.15) is 6.33 Å². The lowest BCUT2D eigenvalue weighted by atomic mass is 10.1. The van der Waals surface area contributed by atoms with Crippen molar-refractivity contribution in [1.29, 1.82) is 0 Å². The smallest absolute Gasteiger partial charge is 0.432 e. The van der Waals surface area contributed by atoms with E-state index in [0.717, 1.165) is 18.1 Å². The predicted octanol–water partition coefficient (Wildman–Crippen LogP) is 3.59. The lowest BCUT2D eigenvalue weighted by Crippen LogP contribution is -2.48. The number of benzene rings is 1. The average Bonchev–Trinajstić information content (AvgIpc) is 3.16. The molecule has 1 amide bonds. The van der Waals surface area contributed by atoms with Gasteiger partial charge in [-0.3, -0.25) is 10.2 Å². The standard InChI is InChI=1S/C19H21ClN6O3S/c1-12(13-4-3-5-14(20)10-13)25-6-8-26(9-7-25)29-19(27)24-18-23-15-16(28-2)21-11-22-17(15)30-18/h3-5,10-12H,6-9H2,1-2H3,(H,23,24,27). The van der Waals surface area contributed by atoms with Gasteiger partial charge < -0.3 is 9.57 Å². The van der Waals surface area contributed by atoms with Crippen LogP contribution in [0, 0.1) is 0 Å². The van der Waals surface area contributed by atoms with Crippen molar-refractivity contribution in [3.8, 4) is 5.88 Å². The summed E-state index contributed by atoms with van der Waals surface area (Å²) in [7, 11) is 1.51. The molecule has 30 heavy (non-hydrogen) atoms. The summed E-state index contributed by atoms with van der Waals surface area (Å²) < 4.78 is 5.16. The molecule has 1 unspecified atom stereocenters. The van der Waals surface area contributed by atoms with E-state index in [4.69, 9.17) is 21.2 Å². The van der Waals surface area contributed by atoms with Gasteiger partial charge >= 0.3 is 6.09 Å². The van der Waals surface area contributed by atoms with E-state index in [1.165, 1.54) is 30.3 Å².